The molecule has 0 aromatic carbocycles. The van der Waals surface area contributed by atoms with Gasteiger partial charge in [-0.25, -0.2) is 0 Å². The number of aliphatic hydroxyl groups is 3. The summed E-state index contributed by atoms with van der Waals surface area (Å²) in [4.78, 5) is 34.7. The van der Waals surface area contributed by atoms with E-state index in [4.69, 9.17) is 9.47 Å². The average Bonchev–Trinajstić information content (AvgIpc) is 2.75. The van der Waals surface area contributed by atoms with Crippen molar-refractivity contribution in [2.24, 2.45) is 0 Å². The van der Waals surface area contributed by atoms with Gasteiger partial charge in [-0.1, -0.05) is 22.6 Å². The van der Waals surface area contributed by atoms with Gasteiger partial charge in [0.15, 0.2) is 6.29 Å². The molecule has 1 saturated heterocycles. The van der Waals surface area contributed by atoms with Crippen molar-refractivity contribution >= 4 is 40.3 Å². The first-order valence-electron chi connectivity index (χ1n) is 10.8. The quantitative estimate of drug-likeness (QED) is 0.0821. The van der Waals surface area contributed by atoms with E-state index in [1.807, 2.05) is 0 Å². The maximum absolute atomic E-state index is 11.9. The summed E-state index contributed by atoms with van der Waals surface area (Å²) in [6.45, 7) is 1.50. The van der Waals surface area contributed by atoms with Gasteiger partial charge in [0, 0.05) is 50.3 Å². The first-order chi connectivity index (χ1) is 15.3. The van der Waals surface area contributed by atoms with Crippen LogP contribution in [0.1, 0.15) is 45.4 Å². The van der Waals surface area contributed by atoms with Crippen molar-refractivity contribution in [1.29, 1.82) is 0 Å². The Bertz CT molecular complexity index is 597. The Balaban J connectivity index is 2.31. The van der Waals surface area contributed by atoms with Gasteiger partial charge in [-0.15, -0.1) is 0 Å². The Kier molecular flexibility index (Phi) is 14.2. The molecule has 0 aliphatic carbocycles. The van der Waals surface area contributed by atoms with Gasteiger partial charge in [0.2, 0.25) is 17.7 Å². The number of carbonyl (C=O) groups excluding carboxylic acids is 3. The third kappa shape index (κ3) is 10.7. The fraction of sp³-hybridized carbons (Fsp3) is 0.850. The van der Waals surface area contributed by atoms with Crippen LogP contribution in [0.15, 0.2) is 0 Å². The van der Waals surface area contributed by atoms with Crippen LogP contribution in [0.5, 0.6) is 0 Å². The van der Waals surface area contributed by atoms with Crippen molar-refractivity contribution in [2.45, 2.75) is 69.5 Å². The molecule has 1 fully saturated rings. The second-order valence-corrected chi connectivity index (χ2v) is 8.85. The molecule has 11 nitrogen and oxygen atoms in total. The first-order valence-corrected chi connectivity index (χ1v) is 12.4. The lowest BCUT2D eigenvalue weighted by Crippen LogP contribution is -2.66. The molecule has 1 heterocycles. The lowest BCUT2D eigenvalue weighted by molar-refractivity contribution is -0.267. The molecule has 3 amide bonds. The van der Waals surface area contributed by atoms with Crippen molar-refractivity contribution in [3.05, 3.63) is 0 Å². The van der Waals surface area contributed by atoms with Crippen LogP contribution in [-0.4, -0.2) is 94.4 Å². The number of carbonyl (C=O) groups is 3. The Hall–Kier alpha value is -1.06. The Morgan fingerprint density at radius 2 is 1.75 bits per heavy atom. The van der Waals surface area contributed by atoms with Gasteiger partial charge in [-0.05, 0) is 19.3 Å². The number of rotatable bonds is 15. The molecule has 3 unspecified atom stereocenters. The minimum atomic E-state index is -1.68. The van der Waals surface area contributed by atoms with E-state index in [1.54, 1.807) is 0 Å². The average molecular weight is 573 g/mol. The largest absolute Gasteiger partial charge is 0.394 e. The number of nitrogens with one attached hydrogen (secondary N) is 3. The molecule has 1 rings (SSSR count). The van der Waals surface area contributed by atoms with Gasteiger partial charge in [-0.3, -0.25) is 14.4 Å². The molecule has 1 aliphatic heterocycles. The molecule has 12 heteroatoms. The zero-order chi connectivity index (χ0) is 24.0. The summed E-state index contributed by atoms with van der Waals surface area (Å²) >= 11 is 2.14. The second kappa shape index (κ2) is 15.7. The first kappa shape index (κ1) is 29.0. The van der Waals surface area contributed by atoms with E-state index in [9.17, 15) is 29.7 Å². The standard InChI is InChI=1S/C20H36IN3O8/c1-14(27)24-18-19(32-15(12-25)11-20(18,30)13-26)31-10-3-2-5-16(28)22-8-4-9-23-17(29)6-7-21/h15,18-19,25-26,30H,2-13H2,1H3,(H,22,28)(H,23,29)(H,24,27)/t15?,18?,19-,20?/m1/s1. The third-order valence-corrected chi connectivity index (χ3v) is 5.53. The highest BCUT2D eigenvalue weighted by molar-refractivity contribution is 14.1. The lowest BCUT2D eigenvalue weighted by atomic mass is 9.85. The molecule has 4 atom stereocenters. The van der Waals surface area contributed by atoms with Crippen molar-refractivity contribution in [3.63, 3.8) is 0 Å². The molecule has 0 bridgehead atoms. The molecule has 32 heavy (non-hydrogen) atoms. The minimum absolute atomic E-state index is 0.0103. The monoisotopic (exact) mass is 573 g/mol. The van der Waals surface area contributed by atoms with Crippen molar-refractivity contribution < 1.29 is 39.2 Å². The molecular weight excluding hydrogens is 537 g/mol. The number of unbranched alkanes of at least 4 members (excludes halogenated alkanes) is 1. The predicted octanol–water partition coefficient (Wildman–Crippen LogP) is -1.04. The number of ether oxygens (including phenoxy) is 2. The maximum Gasteiger partial charge on any atom is 0.220 e. The van der Waals surface area contributed by atoms with Gasteiger partial charge >= 0.3 is 0 Å². The summed E-state index contributed by atoms with van der Waals surface area (Å²) in [6, 6.07) is -0.992. The van der Waals surface area contributed by atoms with Gasteiger partial charge in [-0.2, -0.15) is 0 Å². The fourth-order valence-corrected chi connectivity index (χ4v) is 3.80. The van der Waals surface area contributed by atoms with Crippen LogP contribution in [0.2, 0.25) is 0 Å². The Morgan fingerprint density at radius 1 is 1.09 bits per heavy atom. The van der Waals surface area contributed by atoms with Gasteiger partial charge in [0.25, 0.3) is 0 Å². The van der Waals surface area contributed by atoms with E-state index in [1.165, 1.54) is 6.92 Å². The summed E-state index contributed by atoms with van der Waals surface area (Å²) in [5.41, 5.74) is -1.68. The van der Waals surface area contributed by atoms with Crippen molar-refractivity contribution in [3.8, 4) is 0 Å². The minimum Gasteiger partial charge on any atom is -0.394 e. The van der Waals surface area contributed by atoms with E-state index in [-0.39, 0.29) is 31.4 Å². The third-order valence-electron chi connectivity index (χ3n) is 4.99. The molecular formula is C20H36IN3O8. The molecule has 0 aromatic heterocycles. The zero-order valence-corrected chi connectivity index (χ0v) is 20.6. The number of hydrogen-bond donors (Lipinski definition) is 6. The Morgan fingerprint density at radius 3 is 2.31 bits per heavy atom. The summed E-state index contributed by atoms with van der Waals surface area (Å²) < 4.78 is 12.1. The number of halogens is 1. The maximum atomic E-state index is 11.9. The molecule has 0 saturated carbocycles. The normalized spacial score (nSPS) is 25.2. The van der Waals surface area contributed by atoms with Crippen LogP contribution in [0, 0.1) is 0 Å². The summed E-state index contributed by atoms with van der Waals surface area (Å²) in [5, 5.41) is 37.9. The lowest BCUT2D eigenvalue weighted by Gasteiger charge is -2.46. The molecule has 0 radical (unpaired) electrons. The zero-order valence-electron chi connectivity index (χ0n) is 18.5. The molecule has 1 aliphatic rings. The van der Waals surface area contributed by atoms with E-state index >= 15 is 0 Å². The van der Waals surface area contributed by atoms with Crippen molar-refractivity contribution in [2.75, 3.05) is 37.3 Å². The molecule has 0 spiro atoms. The SMILES string of the molecule is CC(=O)NC1[C@H](OCCCCC(=O)NCCCNC(=O)CCI)OC(CO)CC1(O)CO. The highest BCUT2D eigenvalue weighted by Gasteiger charge is 2.49. The number of alkyl halides is 1. The highest BCUT2D eigenvalue weighted by Crippen LogP contribution is 2.30. The predicted molar refractivity (Wildman–Crippen MR) is 124 cm³/mol. The van der Waals surface area contributed by atoms with Gasteiger partial charge < -0.3 is 40.7 Å². The van der Waals surface area contributed by atoms with E-state index in [0.717, 1.165) is 4.43 Å². The van der Waals surface area contributed by atoms with Crippen LogP contribution in [0.25, 0.3) is 0 Å². The van der Waals surface area contributed by atoms with Crippen LogP contribution in [-0.2, 0) is 23.9 Å². The topological polar surface area (TPSA) is 166 Å². The summed E-state index contributed by atoms with van der Waals surface area (Å²) in [6.07, 6.45) is 0.727. The highest BCUT2D eigenvalue weighted by atomic mass is 127. The number of hydrogen-bond acceptors (Lipinski definition) is 8. The van der Waals surface area contributed by atoms with Crippen LogP contribution >= 0.6 is 22.6 Å². The van der Waals surface area contributed by atoms with Crippen LogP contribution < -0.4 is 16.0 Å². The van der Waals surface area contributed by atoms with Crippen LogP contribution in [0.3, 0.4) is 0 Å². The molecule has 0 aromatic rings. The van der Waals surface area contributed by atoms with Crippen LogP contribution in [0.4, 0.5) is 0 Å². The van der Waals surface area contributed by atoms with Gasteiger partial charge in [0.1, 0.15) is 11.6 Å². The van der Waals surface area contributed by atoms with E-state index in [0.29, 0.717) is 45.2 Å². The molecule has 186 valence electrons. The number of aliphatic hydroxyl groups excluding tert-OH is 2. The summed E-state index contributed by atoms with van der Waals surface area (Å²) in [5.74, 6) is -0.498. The number of amides is 3. The molecule has 6 N–H and O–H groups in total. The van der Waals surface area contributed by atoms with Gasteiger partial charge in [0.05, 0.1) is 19.3 Å². The van der Waals surface area contributed by atoms with E-state index < -0.39 is 36.6 Å². The second-order valence-electron chi connectivity index (χ2n) is 7.77. The van der Waals surface area contributed by atoms with E-state index in [2.05, 4.69) is 38.5 Å². The Labute approximate surface area is 202 Å². The van der Waals surface area contributed by atoms with Crippen molar-refractivity contribution in [1.82, 2.24) is 16.0 Å². The fourth-order valence-electron chi connectivity index (χ4n) is 3.31. The summed E-state index contributed by atoms with van der Waals surface area (Å²) in [7, 11) is 0. The smallest absolute Gasteiger partial charge is 0.220 e.